The van der Waals surface area contributed by atoms with Gasteiger partial charge < -0.3 is 29.6 Å². The van der Waals surface area contributed by atoms with Gasteiger partial charge in [-0.25, -0.2) is 0 Å². The summed E-state index contributed by atoms with van der Waals surface area (Å²) in [5, 5.41) is 21.2. The minimum absolute atomic E-state index is 0.500. The summed E-state index contributed by atoms with van der Waals surface area (Å²) in [5.41, 5.74) is 0. The van der Waals surface area contributed by atoms with Gasteiger partial charge in [0, 0.05) is 7.11 Å². The van der Waals surface area contributed by atoms with Crippen LogP contribution in [0.15, 0.2) is 0 Å². The van der Waals surface area contributed by atoms with Gasteiger partial charge >= 0.3 is 0 Å². The molecule has 1 saturated heterocycles. The fourth-order valence-corrected chi connectivity index (χ4v) is 0.0833. The third kappa shape index (κ3) is 43.9. The molecule has 0 spiro atoms. The number of hydrogen-bond acceptors (Lipinski definition) is 6. The summed E-state index contributed by atoms with van der Waals surface area (Å²) in [4.78, 5) is 8.00. The number of aliphatic hydroxyl groups is 3. The molecule has 0 radical (unpaired) electrons. The Morgan fingerprint density at radius 2 is 1.27 bits per heavy atom. The zero-order valence-electron chi connectivity index (χ0n) is 6.39. The lowest BCUT2D eigenvalue weighted by Crippen LogP contribution is -2.14. The van der Waals surface area contributed by atoms with Crippen LogP contribution in [0.2, 0.25) is 0 Å². The highest BCUT2D eigenvalue weighted by Gasteiger charge is 1.93. The number of hydrogen-bond donors (Lipinski definition) is 3. The van der Waals surface area contributed by atoms with Gasteiger partial charge in [0.2, 0.25) is 0 Å². The number of rotatable bonds is 0. The first kappa shape index (κ1) is 16.8. The molecule has 0 aromatic rings. The minimum atomic E-state index is -0.750. The summed E-state index contributed by atoms with van der Waals surface area (Å²) in [6.07, 6.45) is 0. The van der Waals surface area contributed by atoms with Crippen LogP contribution in [0.1, 0.15) is 0 Å². The predicted molar refractivity (Wildman–Crippen MR) is 36.5 cm³/mol. The van der Waals surface area contributed by atoms with Crippen LogP contribution < -0.4 is 0 Å². The molecule has 3 N–H and O–H groups in total. The minimum Gasteiger partial charge on any atom is -0.400 e. The average Bonchev–Trinajstić information content (AvgIpc) is 1.93. The van der Waals surface area contributed by atoms with Gasteiger partial charge in [0.1, 0.15) is 13.6 Å². The van der Waals surface area contributed by atoms with Gasteiger partial charge in [-0.05, 0) is 0 Å². The first-order chi connectivity index (χ1) is 5.41. The third-order valence-corrected chi connectivity index (χ3v) is 0.333. The van der Waals surface area contributed by atoms with Crippen LogP contribution in [0.3, 0.4) is 0 Å². The quantitative estimate of drug-likeness (QED) is 0.375. The monoisotopic (exact) mass is 170 g/mol. The summed E-state index contributed by atoms with van der Waals surface area (Å²) in [7, 11) is 1.00. The molecule has 1 aliphatic heterocycles. The molecule has 0 aliphatic carbocycles. The predicted octanol–water partition coefficient (Wildman–Crippen LogP) is -1.70. The molecular formula is C5H14O6. The average molecular weight is 170 g/mol. The number of carbonyl (C=O) groups is 1. The van der Waals surface area contributed by atoms with Crippen molar-refractivity contribution in [1.29, 1.82) is 0 Å². The molecule has 0 aromatic heterocycles. The highest BCUT2D eigenvalue weighted by atomic mass is 16.8. The Balaban J connectivity index is -0.0000000835. The maximum atomic E-state index is 8.00. The lowest BCUT2D eigenvalue weighted by molar-refractivity contribution is -0.247. The van der Waals surface area contributed by atoms with Gasteiger partial charge in [-0.2, -0.15) is 0 Å². The number of aliphatic hydroxyl groups excluding tert-OH is 2. The standard InChI is InChI=1S/C2H4O2.CH4O2.CH4O.CH2O/c1-3-2-4-1;2-1-3;2*1-2/h1-2H2;2-3H,1H2;2H,1H3;1H2. The fourth-order valence-electron chi connectivity index (χ4n) is 0.0833. The van der Waals surface area contributed by atoms with Gasteiger partial charge in [-0.15, -0.1) is 0 Å². The van der Waals surface area contributed by atoms with E-state index in [4.69, 9.17) is 20.1 Å². The van der Waals surface area contributed by atoms with Crippen molar-refractivity contribution in [2.24, 2.45) is 0 Å². The van der Waals surface area contributed by atoms with E-state index in [0.29, 0.717) is 13.6 Å². The molecule has 70 valence electrons. The van der Waals surface area contributed by atoms with Crippen molar-refractivity contribution in [3.63, 3.8) is 0 Å². The largest absolute Gasteiger partial charge is 0.400 e. The van der Waals surface area contributed by atoms with E-state index >= 15 is 0 Å². The van der Waals surface area contributed by atoms with E-state index in [1.54, 1.807) is 0 Å². The van der Waals surface area contributed by atoms with Gasteiger partial charge in [-0.3, -0.25) is 0 Å². The Morgan fingerprint density at radius 1 is 1.18 bits per heavy atom. The summed E-state index contributed by atoms with van der Waals surface area (Å²) in [6, 6.07) is 0. The van der Waals surface area contributed by atoms with Crippen LogP contribution in [0.25, 0.3) is 0 Å². The topological polar surface area (TPSA) is 96.2 Å². The number of carbonyl (C=O) groups excluding carboxylic acids is 1. The summed E-state index contributed by atoms with van der Waals surface area (Å²) in [5.74, 6) is 0. The van der Waals surface area contributed by atoms with E-state index < -0.39 is 6.79 Å². The van der Waals surface area contributed by atoms with Crippen molar-refractivity contribution in [3.8, 4) is 0 Å². The molecule has 6 nitrogen and oxygen atoms in total. The molecule has 0 atom stereocenters. The zero-order chi connectivity index (χ0) is 9.54. The van der Waals surface area contributed by atoms with Crippen molar-refractivity contribution in [3.05, 3.63) is 0 Å². The van der Waals surface area contributed by atoms with Crippen molar-refractivity contribution < 1.29 is 29.6 Å². The van der Waals surface area contributed by atoms with E-state index in [-0.39, 0.29) is 0 Å². The molecule has 0 bridgehead atoms. The molecule has 0 unspecified atom stereocenters. The molecule has 0 aromatic carbocycles. The van der Waals surface area contributed by atoms with Crippen LogP contribution in [0.5, 0.6) is 0 Å². The fraction of sp³-hybridized carbons (Fsp3) is 0.800. The van der Waals surface area contributed by atoms with Crippen molar-refractivity contribution in [2.75, 3.05) is 27.5 Å². The first-order valence-corrected chi connectivity index (χ1v) is 2.52. The molecule has 1 aliphatic rings. The molecule has 1 heterocycles. The second kappa shape index (κ2) is 34.0. The van der Waals surface area contributed by atoms with Gasteiger partial charge in [0.05, 0.1) is 0 Å². The van der Waals surface area contributed by atoms with Crippen molar-refractivity contribution in [1.82, 2.24) is 0 Å². The Bertz CT molecular complexity index is 34.0. The molecule has 11 heavy (non-hydrogen) atoms. The maximum Gasteiger partial charge on any atom is 0.152 e. The summed E-state index contributed by atoms with van der Waals surface area (Å²) >= 11 is 0. The Hall–Kier alpha value is -0.530. The normalized spacial score (nSPS) is 11.3. The Morgan fingerprint density at radius 3 is 1.27 bits per heavy atom. The second-order valence-electron chi connectivity index (χ2n) is 0.785. The van der Waals surface area contributed by atoms with Crippen molar-refractivity contribution in [2.45, 2.75) is 0 Å². The summed E-state index contributed by atoms with van der Waals surface area (Å²) < 4.78 is 9.00. The van der Waals surface area contributed by atoms with Crippen LogP contribution in [0, 0.1) is 0 Å². The van der Waals surface area contributed by atoms with Crippen LogP contribution >= 0.6 is 0 Å². The third-order valence-electron chi connectivity index (χ3n) is 0.333. The van der Waals surface area contributed by atoms with Crippen molar-refractivity contribution >= 4 is 6.79 Å². The van der Waals surface area contributed by atoms with E-state index in [9.17, 15) is 0 Å². The van der Waals surface area contributed by atoms with Crippen LogP contribution in [-0.4, -0.2) is 49.6 Å². The summed E-state index contributed by atoms with van der Waals surface area (Å²) in [6.45, 7) is 2.25. The van der Waals surface area contributed by atoms with E-state index in [2.05, 4.69) is 9.47 Å². The molecule has 0 saturated carbocycles. The van der Waals surface area contributed by atoms with E-state index in [1.165, 1.54) is 0 Å². The molecule has 1 fully saturated rings. The molecule has 1 rings (SSSR count). The molecule has 0 amide bonds. The van der Waals surface area contributed by atoms with Crippen LogP contribution in [-0.2, 0) is 14.3 Å². The van der Waals surface area contributed by atoms with Gasteiger partial charge in [0.15, 0.2) is 13.6 Å². The number of ether oxygens (including phenoxy) is 2. The Kier molecular flexibility index (Phi) is 52.0. The molecular weight excluding hydrogens is 156 g/mol. The van der Waals surface area contributed by atoms with Gasteiger partial charge in [-0.1, -0.05) is 0 Å². The van der Waals surface area contributed by atoms with E-state index in [1.807, 2.05) is 6.79 Å². The second-order valence-corrected chi connectivity index (χ2v) is 0.785. The van der Waals surface area contributed by atoms with E-state index in [0.717, 1.165) is 7.11 Å². The highest BCUT2D eigenvalue weighted by molar-refractivity contribution is 5.10. The lowest BCUT2D eigenvalue weighted by Gasteiger charge is -2.10. The lowest BCUT2D eigenvalue weighted by atomic mass is 11.2. The zero-order valence-corrected chi connectivity index (χ0v) is 6.39. The Labute approximate surface area is 65.0 Å². The van der Waals surface area contributed by atoms with Gasteiger partial charge in [0.25, 0.3) is 0 Å². The van der Waals surface area contributed by atoms with Crippen LogP contribution in [0.4, 0.5) is 0 Å². The SMILES string of the molecule is C1OCO1.C=O.CO.OCO. The smallest absolute Gasteiger partial charge is 0.152 e. The molecule has 6 heteroatoms. The highest BCUT2D eigenvalue weighted by Crippen LogP contribution is 1.87. The maximum absolute atomic E-state index is 8.00. The first-order valence-electron chi connectivity index (χ1n) is 2.52.